The van der Waals surface area contributed by atoms with Crippen molar-refractivity contribution in [2.75, 3.05) is 21.2 Å². The maximum Gasteiger partial charge on any atom is 0.248 e. The Labute approximate surface area is 113 Å². The second-order valence-corrected chi connectivity index (χ2v) is 5.51. The van der Waals surface area contributed by atoms with Crippen molar-refractivity contribution in [3.05, 3.63) is 29.8 Å². The molecule has 0 bridgehead atoms. The van der Waals surface area contributed by atoms with Gasteiger partial charge < -0.3 is 4.74 Å². The lowest BCUT2D eigenvalue weighted by Gasteiger charge is -2.45. The summed E-state index contributed by atoms with van der Waals surface area (Å²) in [6.07, 6.45) is 0.838. The van der Waals surface area contributed by atoms with Crippen molar-refractivity contribution in [2.45, 2.75) is 37.1 Å². The van der Waals surface area contributed by atoms with E-state index >= 15 is 0 Å². The van der Waals surface area contributed by atoms with Gasteiger partial charge in [0.05, 0.1) is 7.11 Å². The number of rotatable bonds is 3. The Kier molecular flexibility index (Phi) is 3.81. The zero-order valence-corrected chi connectivity index (χ0v) is 11.7. The highest BCUT2D eigenvalue weighted by atomic mass is 19.3. The second kappa shape index (κ2) is 5.08. The van der Waals surface area contributed by atoms with Crippen LogP contribution in [0.4, 0.5) is 8.78 Å². The van der Waals surface area contributed by atoms with E-state index in [1.54, 1.807) is 7.11 Å². The first-order valence-electron chi connectivity index (χ1n) is 6.59. The first kappa shape index (κ1) is 14.3. The Morgan fingerprint density at radius 1 is 1.11 bits per heavy atom. The molecule has 0 spiro atoms. The molecule has 0 N–H and O–H groups in total. The molecule has 2 nitrogen and oxygen atoms in total. The molecule has 2 rings (SSSR count). The van der Waals surface area contributed by atoms with E-state index < -0.39 is 5.92 Å². The Balaban J connectivity index is 2.35. The third kappa shape index (κ3) is 2.73. The molecule has 0 aromatic heterocycles. The summed E-state index contributed by atoms with van der Waals surface area (Å²) in [4.78, 5) is 2.07. The summed E-state index contributed by atoms with van der Waals surface area (Å²) in [6.45, 7) is 0. The maximum absolute atomic E-state index is 13.4. The number of methoxy groups -OCH3 is 1. The summed E-state index contributed by atoms with van der Waals surface area (Å²) < 4.78 is 32.1. The Hall–Kier alpha value is -1.16. The summed E-state index contributed by atoms with van der Waals surface area (Å²) >= 11 is 0. The third-order valence-corrected chi connectivity index (χ3v) is 4.27. The van der Waals surface area contributed by atoms with Crippen LogP contribution in [0.15, 0.2) is 24.3 Å². The topological polar surface area (TPSA) is 12.5 Å². The molecule has 0 heterocycles. The molecule has 106 valence electrons. The molecule has 0 amide bonds. The number of hydrogen-bond acceptors (Lipinski definition) is 2. The van der Waals surface area contributed by atoms with Gasteiger partial charge in [-0.3, -0.25) is 4.90 Å². The average molecular weight is 269 g/mol. The average Bonchev–Trinajstić information content (AvgIpc) is 2.39. The van der Waals surface area contributed by atoms with Gasteiger partial charge in [-0.1, -0.05) is 12.1 Å². The summed E-state index contributed by atoms with van der Waals surface area (Å²) in [5, 5.41) is 0. The molecule has 4 heteroatoms. The number of alkyl halides is 2. The highest BCUT2D eigenvalue weighted by Crippen LogP contribution is 2.46. The quantitative estimate of drug-likeness (QED) is 0.830. The van der Waals surface area contributed by atoms with Crippen molar-refractivity contribution in [1.29, 1.82) is 0 Å². The summed E-state index contributed by atoms with van der Waals surface area (Å²) in [5.74, 6) is -1.74. The summed E-state index contributed by atoms with van der Waals surface area (Å²) in [7, 11) is 5.54. The number of benzene rings is 1. The molecular weight excluding hydrogens is 248 g/mol. The van der Waals surface area contributed by atoms with E-state index in [9.17, 15) is 8.78 Å². The van der Waals surface area contributed by atoms with Gasteiger partial charge in [0.25, 0.3) is 0 Å². The van der Waals surface area contributed by atoms with Crippen LogP contribution in [0.1, 0.15) is 31.2 Å². The van der Waals surface area contributed by atoms with Gasteiger partial charge >= 0.3 is 0 Å². The normalized spacial score (nSPS) is 21.4. The second-order valence-electron chi connectivity index (χ2n) is 5.51. The van der Waals surface area contributed by atoms with Crippen LogP contribution < -0.4 is 4.74 Å². The summed E-state index contributed by atoms with van der Waals surface area (Å²) in [5.41, 5.74) is 0.753. The highest BCUT2D eigenvalue weighted by Gasteiger charge is 2.45. The summed E-state index contributed by atoms with van der Waals surface area (Å²) in [6, 6.07) is 7.77. The zero-order valence-electron chi connectivity index (χ0n) is 11.7. The fraction of sp³-hybridized carbons (Fsp3) is 0.600. The van der Waals surface area contributed by atoms with E-state index in [4.69, 9.17) is 4.74 Å². The Morgan fingerprint density at radius 2 is 1.74 bits per heavy atom. The van der Waals surface area contributed by atoms with Gasteiger partial charge in [0.15, 0.2) is 0 Å². The molecule has 0 atom stereocenters. The number of nitrogens with zero attached hydrogens (tertiary/aromatic N) is 1. The molecule has 0 saturated heterocycles. The van der Waals surface area contributed by atoms with Crippen LogP contribution in [-0.2, 0) is 5.54 Å². The molecule has 1 fully saturated rings. The molecule has 1 aliphatic rings. The smallest absolute Gasteiger partial charge is 0.248 e. The van der Waals surface area contributed by atoms with Crippen LogP contribution in [0.25, 0.3) is 0 Å². The van der Waals surface area contributed by atoms with Gasteiger partial charge in [0.2, 0.25) is 5.92 Å². The van der Waals surface area contributed by atoms with E-state index in [1.165, 1.54) is 0 Å². The molecule has 1 aromatic carbocycles. The number of ether oxygens (including phenoxy) is 1. The molecule has 1 aromatic rings. The third-order valence-electron chi connectivity index (χ3n) is 4.27. The number of halogens is 2. The largest absolute Gasteiger partial charge is 0.497 e. The lowest BCUT2D eigenvalue weighted by Crippen LogP contribution is -2.46. The standard InChI is InChI=1S/C15H21F2NO/c1-18(2)14(7-9-15(16,17)10-8-14)12-5-4-6-13(11-12)19-3/h4-6,11H,7-10H2,1-3H3. The van der Waals surface area contributed by atoms with Crippen LogP contribution >= 0.6 is 0 Å². The predicted molar refractivity (Wildman–Crippen MR) is 71.8 cm³/mol. The van der Waals surface area contributed by atoms with Crippen molar-refractivity contribution < 1.29 is 13.5 Å². The fourth-order valence-electron chi connectivity index (χ4n) is 2.94. The molecule has 0 radical (unpaired) electrons. The monoisotopic (exact) mass is 269 g/mol. The van der Waals surface area contributed by atoms with Crippen LogP contribution in [0.3, 0.4) is 0 Å². The zero-order chi connectivity index (χ0) is 14.1. The molecule has 1 saturated carbocycles. The minimum absolute atomic E-state index is 0.0532. The Bertz CT molecular complexity index is 436. The van der Waals surface area contributed by atoms with E-state index in [0.29, 0.717) is 12.8 Å². The molecule has 1 aliphatic carbocycles. The lowest BCUT2D eigenvalue weighted by atomic mass is 9.74. The van der Waals surface area contributed by atoms with E-state index in [1.807, 2.05) is 38.4 Å². The van der Waals surface area contributed by atoms with Crippen LogP contribution in [0.2, 0.25) is 0 Å². The van der Waals surface area contributed by atoms with Gasteiger partial charge in [-0.05, 0) is 44.6 Å². The minimum Gasteiger partial charge on any atom is -0.497 e. The van der Waals surface area contributed by atoms with Crippen molar-refractivity contribution in [3.63, 3.8) is 0 Å². The van der Waals surface area contributed by atoms with Crippen molar-refractivity contribution in [2.24, 2.45) is 0 Å². The van der Waals surface area contributed by atoms with E-state index in [-0.39, 0.29) is 18.4 Å². The van der Waals surface area contributed by atoms with E-state index in [0.717, 1.165) is 11.3 Å². The number of hydrogen-bond donors (Lipinski definition) is 0. The van der Waals surface area contributed by atoms with Gasteiger partial charge in [-0.25, -0.2) is 8.78 Å². The fourth-order valence-corrected chi connectivity index (χ4v) is 2.94. The van der Waals surface area contributed by atoms with Gasteiger partial charge in [0.1, 0.15) is 5.75 Å². The first-order chi connectivity index (χ1) is 8.89. The van der Waals surface area contributed by atoms with Crippen molar-refractivity contribution >= 4 is 0 Å². The van der Waals surface area contributed by atoms with Crippen LogP contribution in [-0.4, -0.2) is 32.0 Å². The van der Waals surface area contributed by atoms with Crippen molar-refractivity contribution in [3.8, 4) is 5.75 Å². The van der Waals surface area contributed by atoms with Crippen LogP contribution in [0.5, 0.6) is 5.75 Å². The predicted octanol–water partition coefficient (Wildman–Crippen LogP) is 3.66. The molecule has 19 heavy (non-hydrogen) atoms. The van der Waals surface area contributed by atoms with Gasteiger partial charge in [-0.15, -0.1) is 0 Å². The van der Waals surface area contributed by atoms with Gasteiger partial charge in [0, 0.05) is 18.4 Å². The highest BCUT2D eigenvalue weighted by molar-refractivity contribution is 5.34. The SMILES string of the molecule is COc1cccc(C2(N(C)C)CCC(F)(F)CC2)c1. The van der Waals surface area contributed by atoms with Crippen molar-refractivity contribution in [1.82, 2.24) is 4.90 Å². The van der Waals surface area contributed by atoms with E-state index in [2.05, 4.69) is 4.90 Å². The van der Waals surface area contributed by atoms with Crippen LogP contribution in [0, 0.1) is 0 Å². The molecular formula is C15H21F2NO. The first-order valence-corrected chi connectivity index (χ1v) is 6.59. The minimum atomic E-state index is -2.52. The maximum atomic E-state index is 13.4. The lowest BCUT2D eigenvalue weighted by molar-refractivity contribution is -0.0757. The molecule has 0 aliphatic heterocycles. The van der Waals surface area contributed by atoms with Gasteiger partial charge in [-0.2, -0.15) is 0 Å². The Morgan fingerprint density at radius 3 is 2.26 bits per heavy atom. The molecule has 0 unspecified atom stereocenters.